The second kappa shape index (κ2) is 4.04. The van der Waals surface area contributed by atoms with Crippen LogP contribution in [0.25, 0.3) is 10.7 Å². The highest BCUT2D eigenvalue weighted by atomic mass is 32.1. The molecule has 2 aromatic rings. The molecule has 0 amide bonds. The number of nitrogens with zero attached hydrogens (tertiary/aromatic N) is 3. The summed E-state index contributed by atoms with van der Waals surface area (Å²) in [5.74, 6) is 0. The van der Waals surface area contributed by atoms with Crippen molar-refractivity contribution in [3.8, 4) is 10.7 Å². The van der Waals surface area contributed by atoms with Gasteiger partial charge >= 0.3 is 0 Å². The average molecular weight is 220 g/mol. The van der Waals surface area contributed by atoms with E-state index in [9.17, 15) is 0 Å². The van der Waals surface area contributed by atoms with Gasteiger partial charge in [0.15, 0.2) is 5.01 Å². The maximum absolute atomic E-state index is 5.72. The predicted octanol–water partition coefficient (Wildman–Crippen LogP) is 1.93. The van der Waals surface area contributed by atoms with Gasteiger partial charge in [-0.25, -0.2) is 0 Å². The van der Waals surface area contributed by atoms with Crippen molar-refractivity contribution in [3.05, 3.63) is 28.9 Å². The third-order valence-corrected chi connectivity index (χ3v) is 3.08. The minimum absolute atomic E-state index is 0.0685. The van der Waals surface area contributed by atoms with Gasteiger partial charge in [0.05, 0.1) is 6.04 Å². The molecule has 2 rings (SSSR count). The van der Waals surface area contributed by atoms with E-state index in [0.717, 1.165) is 21.4 Å². The molecule has 2 heterocycles. The molecule has 0 aromatic carbocycles. The fourth-order valence-electron chi connectivity index (χ4n) is 1.18. The van der Waals surface area contributed by atoms with Crippen LogP contribution in [0, 0.1) is 6.92 Å². The molecule has 5 heteroatoms. The van der Waals surface area contributed by atoms with Gasteiger partial charge in [-0.1, -0.05) is 17.4 Å². The topological polar surface area (TPSA) is 64.7 Å². The van der Waals surface area contributed by atoms with E-state index < -0.39 is 0 Å². The quantitative estimate of drug-likeness (QED) is 0.839. The molecule has 0 fully saturated rings. The van der Waals surface area contributed by atoms with Crippen molar-refractivity contribution in [1.29, 1.82) is 0 Å². The highest BCUT2D eigenvalue weighted by molar-refractivity contribution is 7.14. The number of hydrogen-bond donors (Lipinski definition) is 1. The van der Waals surface area contributed by atoms with Crippen molar-refractivity contribution in [3.63, 3.8) is 0 Å². The lowest BCUT2D eigenvalue weighted by molar-refractivity contribution is 0.786. The van der Waals surface area contributed by atoms with Gasteiger partial charge in [0.2, 0.25) is 0 Å². The lowest BCUT2D eigenvalue weighted by Crippen LogP contribution is -2.03. The molecule has 2 N–H and O–H groups in total. The van der Waals surface area contributed by atoms with E-state index in [1.807, 2.05) is 32.0 Å². The van der Waals surface area contributed by atoms with Crippen molar-refractivity contribution in [2.75, 3.05) is 0 Å². The summed E-state index contributed by atoms with van der Waals surface area (Å²) in [6.45, 7) is 3.85. The third-order valence-electron chi connectivity index (χ3n) is 1.94. The maximum atomic E-state index is 5.72. The first-order valence-electron chi connectivity index (χ1n) is 4.70. The van der Waals surface area contributed by atoms with Crippen LogP contribution in [0.2, 0.25) is 0 Å². The number of aromatic nitrogens is 3. The van der Waals surface area contributed by atoms with Crippen molar-refractivity contribution >= 4 is 11.3 Å². The Hall–Kier alpha value is -1.33. The van der Waals surface area contributed by atoms with Crippen LogP contribution in [0.1, 0.15) is 23.7 Å². The Labute approximate surface area is 92.2 Å². The Morgan fingerprint density at radius 2 is 2.13 bits per heavy atom. The van der Waals surface area contributed by atoms with Gasteiger partial charge in [0.25, 0.3) is 0 Å². The smallest absolute Gasteiger partial charge is 0.166 e. The normalized spacial score (nSPS) is 12.7. The number of rotatable bonds is 2. The van der Waals surface area contributed by atoms with Gasteiger partial charge in [0.1, 0.15) is 10.7 Å². The Kier molecular flexibility index (Phi) is 2.75. The number of hydrogen-bond acceptors (Lipinski definition) is 5. The minimum atomic E-state index is -0.0685. The molecule has 0 aliphatic carbocycles. The van der Waals surface area contributed by atoms with Crippen LogP contribution in [-0.2, 0) is 0 Å². The highest BCUT2D eigenvalue weighted by Crippen LogP contribution is 2.24. The molecule has 0 radical (unpaired) electrons. The fourth-order valence-corrected chi connectivity index (χ4v) is 1.95. The summed E-state index contributed by atoms with van der Waals surface area (Å²) in [6.07, 6.45) is 0. The van der Waals surface area contributed by atoms with Crippen molar-refractivity contribution < 1.29 is 0 Å². The molecule has 4 nitrogen and oxygen atoms in total. The van der Waals surface area contributed by atoms with Crippen molar-refractivity contribution in [2.45, 2.75) is 19.9 Å². The van der Waals surface area contributed by atoms with Crippen LogP contribution in [0.5, 0.6) is 0 Å². The zero-order valence-corrected chi connectivity index (χ0v) is 9.45. The molecule has 0 spiro atoms. The summed E-state index contributed by atoms with van der Waals surface area (Å²) in [6, 6.07) is 5.78. The molecule has 1 unspecified atom stereocenters. The summed E-state index contributed by atoms with van der Waals surface area (Å²) in [7, 11) is 0. The van der Waals surface area contributed by atoms with E-state index >= 15 is 0 Å². The third kappa shape index (κ3) is 2.19. The predicted molar refractivity (Wildman–Crippen MR) is 60.5 cm³/mol. The zero-order valence-electron chi connectivity index (χ0n) is 8.64. The summed E-state index contributed by atoms with van der Waals surface area (Å²) in [5.41, 5.74) is 7.56. The van der Waals surface area contributed by atoms with E-state index in [4.69, 9.17) is 5.73 Å². The summed E-state index contributed by atoms with van der Waals surface area (Å²) in [4.78, 5) is 4.38. The van der Waals surface area contributed by atoms with Crippen LogP contribution in [-0.4, -0.2) is 15.2 Å². The number of nitrogens with two attached hydrogens (primary N) is 1. The fraction of sp³-hybridized carbons (Fsp3) is 0.300. The van der Waals surface area contributed by atoms with E-state index in [2.05, 4.69) is 15.2 Å². The summed E-state index contributed by atoms with van der Waals surface area (Å²) in [5, 5.41) is 9.77. The minimum Gasteiger partial charge on any atom is -0.322 e. The highest BCUT2D eigenvalue weighted by Gasteiger charge is 2.10. The Balaban J connectivity index is 2.37. The molecule has 1 atom stereocenters. The zero-order chi connectivity index (χ0) is 10.8. The van der Waals surface area contributed by atoms with Gasteiger partial charge in [0, 0.05) is 5.69 Å². The van der Waals surface area contributed by atoms with Gasteiger partial charge in [-0.2, -0.15) is 0 Å². The van der Waals surface area contributed by atoms with Gasteiger partial charge in [-0.3, -0.25) is 4.98 Å². The van der Waals surface area contributed by atoms with Crippen LogP contribution in [0.3, 0.4) is 0 Å². The molecule has 0 bridgehead atoms. The lowest BCUT2D eigenvalue weighted by atomic mass is 10.3. The van der Waals surface area contributed by atoms with E-state index in [1.54, 1.807) is 0 Å². The summed E-state index contributed by atoms with van der Waals surface area (Å²) < 4.78 is 0. The molecule has 0 saturated heterocycles. The SMILES string of the molecule is Cc1cccc(-c2nnc(C(C)N)s2)n1. The molecule has 0 aliphatic heterocycles. The molecule has 0 saturated carbocycles. The lowest BCUT2D eigenvalue weighted by Gasteiger charge is -1.96. The van der Waals surface area contributed by atoms with Crippen LogP contribution in [0.4, 0.5) is 0 Å². The van der Waals surface area contributed by atoms with Crippen molar-refractivity contribution in [1.82, 2.24) is 15.2 Å². The van der Waals surface area contributed by atoms with E-state index in [0.29, 0.717) is 0 Å². The second-order valence-corrected chi connectivity index (χ2v) is 4.41. The van der Waals surface area contributed by atoms with E-state index in [-0.39, 0.29) is 6.04 Å². The van der Waals surface area contributed by atoms with Crippen LogP contribution < -0.4 is 5.73 Å². The molecule has 0 aliphatic rings. The van der Waals surface area contributed by atoms with Crippen LogP contribution in [0.15, 0.2) is 18.2 Å². The van der Waals surface area contributed by atoms with Gasteiger partial charge in [-0.05, 0) is 26.0 Å². The first kappa shape index (κ1) is 10.2. The largest absolute Gasteiger partial charge is 0.322 e. The van der Waals surface area contributed by atoms with E-state index in [1.165, 1.54) is 11.3 Å². The number of pyridine rings is 1. The Morgan fingerprint density at radius 3 is 2.73 bits per heavy atom. The van der Waals surface area contributed by atoms with Crippen molar-refractivity contribution in [2.24, 2.45) is 5.73 Å². The molecular formula is C10H12N4S. The average Bonchev–Trinajstić information content (AvgIpc) is 2.66. The van der Waals surface area contributed by atoms with Gasteiger partial charge < -0.3 is 5.73 Å². The van der Waals surface area contributed by atoms with Crippen LogP contribution >= 0.6 is 11.3 Å². The van der Waals surface area contributed by atoms with Gasteiger partial charge in [-0.15, -0.1) is 10.2 Å². The molecular weight excluding hydrogens is 208 g/mol. The Bertz CT molecular complexity index is 464. The second-order valence-electron chi connectivity index (χ2n) is 3.40. The molecule has 15 heavy (non-hydrogen) atoms. The molecule has 78 valence electrons. The number of aryl methyl sites for hydroxylation is 1. The summed E-state index contributed by atoms with van der Waals surface area (Å²) >= 11 is 1.49. The molecule has 2 aromatic heterocycles. The first-order valence-corrected chi connectivity index (χ1v) is 5.51. The monoisotopic (exact) mass is 220 g/mol. The first-order chi connectivity index (χ1) is 7.16. The Morgan fingerprint density at radius 1 is 1.33 bits per heavy atom. The maximum Gasteiger partial charge on any atom is 0.166 e. The standard InChI is InChI=1S/C10H12N4S/c1-6-4-3-5-8(12-6)10-14-13-9(15-10)7(2)11/h3-5,7H,11H2,1-2H3.